The van der Waals surface area contributed by atoms with Gasteiger partial charge in [0.1, 0.15) is 11.4 Å². The number of nitro benzene ring substituents is 1. The highest BCUT2D eigenvalue weighted by Crippen LogP contribution is 2.29. The molecule has 212 valence electrons. The lowest BCUT2D eigenvalue weighted by molar-refractivity contribution is -0.385. The van der Waals surface area contributed by atoms with Crippen molar-refractivity contribution in [2.24, 2.45) is 5.10 Å². The first-order valence-corrected chi connectivity index (χ1v) is 12.9. The van der Waals surface area contributed by atoms with Crippen molar-refractivity contribution in [1.29, 1.82) is 0 Å². The normalized spacial score (nSPS) is 11.3. The second-order valence-electron chi connectivity index (χ2n) is 9.29. The smallest absolute Gasteiger partial charge is 0.311 e. The van der Waals surface area contributed by atoms with E-state index in [2.05, 4.69) is 15.4 Å². The number of nitrogens with one attached hydrogen (secondary N) is 1. The molecule has 0 saturated heterocycles. The van der Waals surface area contributed by atoms with Crippen LogP contribution >= 0.6 is 0 Å². The first-order chi connectivity index (χ1) is 20.9. The van der Waals surface area contributed by atoms with E-state index < -0.39 is 34.5 Å². The number of rotatable bonds is 8. The minimum absolute atomic E-state index is 0.148. The number of para-hydroxylation sites is 2. The maximum Gasteiger partial charge on any atom is 0.311 e. The van der Waals surface area contributed by atoms with Crippen LogP contribution in [-0.2, 0) is 4.79 Å². The molecule has 6 aromatic rings. The Morgan fingerprint density at radius 2 is 1.86 bits per heavy atom. The third kappa shape index (κ3) is 5.70. The molecule has 43 heavy (non-hydrogen) atoms. The van der Waals surface area contributed by atoms with Crippen molar-refractivity contribution in [3.8, 4) is 17.3 Å². The number of fused-ring (bicyclic) bond motifs is 2. The number of ether oxygens (including phenoxy) is 1. The van der Waals surface area contributed by atoms with Crippen LogP contribution in [-0.4, -0.2) is 33.3 Å². The molecular formula is C31H20FN5O6. The fourth-order valence-corrected chi connectivity index (χ4v) is 4.39. The van der Waals surface area contributed by atoms with Crippen LogP contribution in [0.25, 0.3) is 33.5 Å². The molecule has 11 nitrogen and oxygen atoms in total. The van der Waals surface area contributed by atoms with Crippen molar-refractivity contribution >= 4 is 45.4 Å². The van der Waals surface area contributed by atoms with E-state index in [1.165, 1.54) is 42.6 Å². The maximum atomic E-state index is 13.5. The molecule has 0 aliphatic heterocycles. The van der Waals surface area contributed by atoms with Crippen molar-refractivity contribution in [2.75, 3.05) is 11.9 Å². The van der Waals surface area contributed by atoms with Gasteiger partial charge in [0, 0.05) is 22.7 Å². The van der Waals surface area contributed by atoms with Gasteiger partial charge in [-0.25, -0.2) is 9.37 Å². The number of carbonyl (C=O) groups excluding carboxylic acids is 1. The van der Waals surface area contributed by atoms with Gasteiger partial charge in [-0.15, -0.1) is 0 Å². The molecule has 2 heterocycles. The number of nitrogens with zero attached hydrogens (tertiary/aromatic N) is 4. The number of furan rings is 1. The number of aromatic nitrogens is 2. The van der Waals surface area contributed by atoms with Crippen LogP contribution < -0.4 is 15.6 Å². The summed E-state index contributed by atoms with van der Waals surface area (Å²) in [6.07, 6.45) is 1.28. The molecule has 0 unspecified atom stereocenters. The Hall–Kier alpha value is -6.17. The summed E-state index contributed by atoms with van der Waals surface area (Å²) in [6, 6.07) is 25.2. The number of benzene rings is 4. The van der Waals surface area contributed by atoms with Crippen LogP contribution in [0.3, 0.4) is 0 Å². The fourth-order valence-electron chi connectivity index (χ4n) is 4.39. The van der Waals surface area contributed by atoms with Crippen LogP contribution in [0, 0.1) is 15.9 Å². The van der Waals surface area contributed by atoms with E-state index in [-0.39, 0.29) is 22.8 Å². The van der Waals surface area contributed by atoms with E-state index in [0.29, 0.717) is 22.2 Å². The summed E-state index contributed by atoms with van der Waals surface area (Å²) in [6.45, 7) is -0.552. The molecule has 1 N–H and O–H groups in total. The first-order valence-electron chi connectivity index (χ1n) is 12.9. The van der Waals surface area contributed by atoms with Crippen molar-refractivity contribution in [3.63, 3.8) is 0 Å². The molecule has 0 saturated carbocycles. The quantitative estimate of drug-likeness (QED) is 0.138. The summed E-state index contributed by atoms with van der Waals surface area (Å²) in [5.74, 6) is -0.865. The lowest BCUT2D eigenvalue weighted by Crippen LogP contribution is -2.20. The van der Waals surface area contributed by atoms with Crippen molar-refractivity contribution in [3.05, 3.63) is 129 Å². The third-order valence-corrected chi connectivity index (χ3v) is 6.37. The number of amides is 1. The van der Waals surface area contributed by atoms with E-state index in [4.69, 9.17) is 9.15 Å². The Labute approximate surface area is 241 Å². The van der Waals surface area contributed by atoms with Gasteiger partial charge in [0.15, 0.2) is 18.1 Å². The SMILES string of the molecule is O=C(COc1ccc(C=Nn2c(-c3cc4ccccc4o3)nc3ccccc3c2=O)cc1[N+](=O)[O-])Nc1cccc(F)c1. The highest BCUT2D eigenvalue weighted by Gasteiger charge is 2.19. The Bertz CT molecular complexity index is 2090. The standard InChI is InChI=1S/C31H20FN5O6/c32-21-7-5-8-22(16-21)34-29(38)18-42-27-13-12-19(14-25(27)37(40)41)17-33-36-30(28-15-20-6-1-4-11-26(20)43-28)35-24-10-3-2-9-23(24)31(36)39/h1-17H,18H2,(H,34,38). The van der Waals surface area contributed by atoms with E-state index in [9.17, 15) is 24.1 Å². The van der Waals surface area contributed by atoms with Gasteiger partial charge in [-0.1, -0.05) is 36.4 Å². The molecule has 0 fully saturated rings. The summed E-state index contributed by atoms with van der Waals surface area (Å²) < 4.78 is 25.8. The van der Waals surface area contributed by atoms with Crippen molar-refractivity contribution in [2.45, 2.75) is 0 Å². The molecule has 0 atom stereocenters. The first kappa shape index (κ1) is 27.0. The molecule has 1 amide bonds. The van der Waals surface area contributed by atoms with Gasteiger partial charge >= 0.3 is 5.69 Å². The summed E-state index contributed by atoms with van der Waals surface area (Å²) in [5.41, 5.74) is 0.660. The molecular weight excluding hydrogens is 557 g/mol. The van der Waals surface area contributed by atoms with Crippen molar-refractivity contribution in [1.82, 2.24) is 9.66 Å². The van der Waals surface area contributed by atoms with Crippen LogP contribution in [0.4, 0.5) is 15.8 Å². The largest absolute Gasteiger partial charge is 0.477 e. The van der Waals surface area contributed by atoms with Gasteiger partial charge in [0.05, 0.1) is 22.0 Å². The summed E-state index contributed by atoms with van der Waals surface area (Å²) in [4.78, 5) is 41.5. The number of halogens is 1. The molecule has 0 aliphatic carbocycles. The summed E-state index contributed by atoms with van der Waals surface area (Å²) >= 11 is 0. The Kier molecular flexibility index (Phi) is 7.15. The Morgan fingerprint density at radius 3 is 2.67 bits per heavy atom. The lowest BCUT2D eigenvalue weighted by atomic mass is 10.2. The van der Waals surface area contributed by atoms with E-state index in [0.717, 1.165) is 16.1 Å². The summed E-state index contributed by atoms with van der Waals surface area (Å²) in [7, 11) is 0. The maximum absolute atomic E-state index is 13.5. The molecule has 6 rings (SSSR count). The molecule has 12 heteroatoms. The van der Waals surface area contributed by atoms with Crippen LogP contribution in [0.2, 0.25) is 0 Å². The predicted octanol–water partition coefficient (Wildman–Crippen LogP) is 5.76. The number of carbonyl (C=O) groups is 1. The van der Waals surface area contributed by atoms with Crippen molar-refractivity contribution < 1.29 is 23.3 Å². The molecule has 0 radical (unpaired) electrons. The van der Waals surface area contributed by atoms with Crippen LogP contribution in [0.5, 0.6) is 5.75 Å². The minimum atomic E-state index is -0.666. The van der Waals surface area contributed by atoms with Gasteiger partial charge in [-0.2, -0.15) is 9.78 Å². The predicted molar refractivity (Wildman–Crippen MR) is 158 cm³/mol. The average molecular weight is 578 g/mol. The highest BCUT2D eigenvalue weighted by atomic mass is 19.1. The van der Waals surface area contributed by atoms with E-state index >= 15 is 0 Å². The fraction of sp³-hybridized carbons (Fsp3) is 0.0323. The zero-order valence-electron chi connectivity index (χ0n) is 22.1. The second kappa shape index (κ2) is 11.4. The molecule has 2 aromatic heterocycles. The van der Waals surface area contributed by atoms with E-state index in [1.54, 1.807) is 36.4 Å². The third-order valence-electron chi connectivity index (χ3n) is 6.37. The lowest BCUT2D eigenvalue weighted by Gasteiger charge is -2.09. The van der Waals surface area contributed by atoms with Crippen LogP contribution in [0.1, 0.15) is 5.56 Å². The molecule has 4 aromatic carbocycles. The second-order valence-corrected chi connectivity index (χ2v) is 9.29. The summed E-state index contributed by atoms with van der Waals surface area (Å²) in [5, 5.41) is 19.7. The van der Waals surface area contributed by atoms with Gasteiger partial charge in [0.25, 0.3) is 11.5 Å². The zero-order valence-corrected chi connectivity index (χ0v) is 22.1. The van der Waals surface area contributed by atoms with Crippen LogP contribution in [0.15, 0.2) is 111 Å². The van der Waals surface area contributed by atoms with Gasteiger partial charge < -0.3 is 14.5 Å². The number of nitro groups is 1. The molecule has 0 spiro atoms. The van der Waals surface area contributed by atoms with E-state index in [1.807, 2.05) is 18.2 Å². The molecule has 0 aliphatic rings. The minimum Gasteiger partial charge on any atom is -0.477 e. The molecule has 0 bridgehead atoms. The number of hydrogen-bond donors (Lipinski definition) is 1. The zero-order chi connectivity index (χ0) is 29.9. The monoisotopic (exact) mass is 577 g/mol. The topological polar surface area (TPSA) is 142 Å². The average Bonchev–Trinajstić information content (AvgIpc) is 3.44. The van der Waals surface area contributed by atoms with Gasteiger partial charge in [0.2, 0.25) is 5.82 Å². The number of anilines is 1. The van der Waals surface area contributed by atoms with Gasteiger partial charge in [-0.05, 0) is 54.6 Å². The Morgan fingerprint density at radius 1 is 1.05 bits per heavy atom. The Balaban J connectivity index is 1.30. The number of hydrogen-bond acceptors (Lipinski definition) is 8. The van der Waals surface area contributed by atoms with Gasteiger partial charge in [-0.3, -0.25) is 19.7 Å². The highest BCUT2D eigenvalue weighted by molar-refractivity contribution is 5.92.